The molecule has 3 rings (SSSR count). The van der Waals surface area contributed by atoms with Crippen molar-refractivity contribution in [2.45, 2.75) is 39.2 Å². The van der Waals surface area contributed by atoms with Crippen molar-refractivity contribution in [1.29, 1.82) is 0 Å². The van der Waals surface area contributed by atoms with E-state index in [2.05, 4.69) is 42.3 Å². The van der Waals surface area contributed by atoms with Gasteiger partial charge in [-0.3, -0.25) is 4.90 Å². The van der Waals surface area contributed by atoms with Gasteiger partial charge in [-0.15, -0.1) is 0 Å². The Kier molecular flexibility index (Phi) is 3.90. The molecule has 1 heterocycles. The van der Waals surface area contributed by atoms with Crippen molar-refractivity contribution in [2.75, 3.05) is 26.2 Å². The van der Waals surface area contributed by atoms with E-state index < -0.39 is 0 Å². The van der Waals surface area contributed by atoms with Crippen molar-refractivity contribution in [2.24, 2.45) is 5.92 Å². The largest absolute Gasteiger partial charge is 0.314 e. The Balaban J connectivity index is 1.88. The first kappa shape index (κ1) is 13.1. The second kappa shape index (κ2) is 5.64. The molecule has 2 nitrogen and oxygen atoms in total. The van der Waals surface area contributed by atoms with E-state index in [-0.39, 0.29) is 0 Å². The quantitative estimate of drug-likeness (QED) is 0.896. The highest BCUT2D eigenvalue weighted by molar-refractivity contribution is 5.33. The van der Waals surface area contributed by atoms with Crippen molar-refractivity contribution in [3.63, 3.8) is 0 Å². The highest BCUT2D eigenvalue weighted by atomic mass is 15.2. The lowest BCUT2D eigenvalue weighted by atomic mass is 9.75. The molecule has 2 aliphatic rings. The SMILES string of the molecule is Cc1ccc([C@H](C2CCC2)N2CCNCC2)c(C)c1. The number of nitrogens with one attached hydrogen (secondary N) is 1. The number of nitrogens with zero attached hydrogens (tertiary/aromatic N) is 1. The first-order chi connectivity index (χ1) is 9.25. The van der Waals surface area contributed by atoms with Crippen LogP contribution in [0.15, 0.2) is 18.2 Å². The van der Waals surface area contributed by atoms with Gasteiger partial charge in [0.15, 0.2) is 0 Å². The van der Waals surface area contributed by atoms with Crippen LogP contribution in [0.1, 0.15) is 42.0 Å². The molecule has 1 N–H and O–H groups in total. The summed E-state index contributed by atoms with van der Waals surface area (Å²) in [6.45, 7) is 9.18. The van der Waals surface area contributed by atoms with Gasteiger partial charge in [-0.1, -0.05) is 30.2 Å². The predicted molar refractivity (Wildman–Crippen MR) is 80.4 cm³/mol. The van der Waals surface area contributed by atoms with E-state index in [0.717, 1.165) is 19.0 Å². The van der Waals surface area contributed by atoms with E-state index in [1.165, 1.54) is 43.5 Å². The van der Waals surface area contributed by atoms with Gasteiger partial charge in [0, 0.05) is 32.2 Å². The highest BCUT2D eigenvalue weighted by Crippen LogP contribution is 2.42. The molecule has 2 fully saturated rings. The normalized spacial score (nSPS) is 23.1. The van der Waals surface area contributed by atoms with Crippen molar-refractivity contribution in [1.82, 2.24) is 10.2 Å². The van der Waals surface area contributed by atoms with Crippen LogP contribution < -0.4 is 5.32 Å². The minimum Gasteiger partial charge on any atom is -0.314 e. The van der Waals surface area contributed by atoms with Crippen LogP contribution >= 0.6 is 0 Å². The van der Waals surface area contributed by atoms with E-state index in [1.807, 2.05) is 0 Å². The maximum atomic E-state index is 3.48. The molecule has 1 saturated carbocycles. The van der Waals surface area contributed by atoms with E-state index in [4.69, 9.17) is 0 Å². The minimum atomic E-state index is 0.663. The molecule has 0 bridgehead atoms. The number of hydrogen-bond donors (Lipinski definition) is 1. The third kappa shape index (κ3) is 2.70. The molecule has 0 amide bonds. The molecule has 1 saturated heterocycles. The van der Waals surface area contributed by atoms with E-state index >= 15 is 0 Å². The first-order valence-corrected chi connectivity index (χ1v) is 7.77. The van der Waals surface area contributed by atoms with Crippen LogP contribution in [0.2, 0.25) is 0 Å². The summed E-state index contributed by atoms with van der Waals surface area (Å²) < 4.78 is 0. The Morgan fingerprint density at radius 1 is 1.16 bits per heavy atom. The Hall–Kier alpha value is -0.860. The van der Waals surface area contributed by atoms with Crippen molar-refractivity contribution in [3.8, 4) is 0 Å². The topological polar surface area (TPSA) is 15.3 Å². The number of aryl methyl sites for hydroxylation is 2. The lowest BCUT2D eigenvalue weighted by Crippen LogP contribution is -2.48. The molecular formula is C17H26N2. The number of hydrogen-bond acceptors (Lipinski definition) is 2. The second-order valence-electron chi connectivity index (χ2n) is 6.28. The first-order valence-electron chi connectivity index (χ1n) is 7.77. The van der Waals surface area contributed by atoms with E-state index in [1.54, 1.807) is 5.56 Å². The molecule has 0 spiro atoms. The van der Waals surface area contributed by atoms with Gasteiger partial charge in [0.25, 0.3) is 0 Å². The van der Waals surface area contributed by atoms with Crippen LogP contribution in [0.4, 0.5) is 0 Å². The molecule has 0 aromatic heterocycles. The number of rotatable bonds is 3. The summed E-state index contributed by atoms with van der Waals surface area (Å²) in [6.07, 6.45) is 4.27. The summed E-state index contributed by atoms with van der Waals surface area (Å²) >= 11 is 0. The molecule has 19 heavy (non-hydrogen) atoms. The fraction of sp³-hybridized carbons (Fsp3) is 0.647. The van der Waals surface area contributed by atoms with Crippen LogP contribution in [-0.2, 0) is 0 Å². The van der Waals surface area contributed by atoms with Crippen molar-refractivity contribution in [3.05, 3.63) is 34.9 Å². The van der Waals surface area contributed by atoms with Gasteiger partial charge in [-0.25, -0.2) is 0 Å². The summed E-state index contributed by atoms with van der Waals surface area (Å²) in [7, 11) is 0. The summed E-state index contributed by atoms with van der Waals surface area (Å²) in [6, 6.07) is 7.69. The van der Waals surface area contributed by atoms with Crippen LogP contribution in [0.5, 0.6) is 0 Å². The average molecular weight is 258 g/mol. The van der Waals surface area contributed by atoms with Crippen LogP contribution in [0, 0.1) is 19.8 Å². The summed E-state index contributed by atoms with van der Waals surface area (Å²) in [5.41, 5.74) is 4.45. The van der Waals surface area contributed by atoms with Gasteiger partial charge in [0.1, 0.15) is 0 Å². The molecule has 104 valence electrons. The Morgan fingerprint density at radius 3 is 2.47 bits per heavy atom. The van der Waals surface area contributed by atoms with Gasteiger partial charge >= 0.3 is 0 Å². The smallest absolute Gasteiger partial charge is 0.0379 e. The standard InChI is InChI=1S/C17H26N2/c1-13-6-7-16(14(2)12-13)17(15-4-3-5-15)19-10-8-18-9-11-19/h6-7,12,15,17-18H,3-5,8-11H2,1-2H3/t17-/m0/s1. The summed E-state index contributed by atoms with van der Waals surface area (Å²) in [4.78, 5) is 2.72. The Bertz CT molecular complexity index is 431. The maximum absolute atomic E-state index is 3.48. The van der Waals surface area contributed by atoms with Crippen molar-refractivity contribution < 1.29 is 0 Å². The zero-order valence-corrected chi connectivity index (χ0v) is 12.3. The van der Waals surface area contributed by atoms with E-state index in [9.17, 15) is 0 Å². The van der Waals surface area contributed by atoms with E-state index in [0.29, 0.717) is 6.04 Å². The molecule has 2 heteroatoms. The predicted octanol–water partition coefficient (Wildman–Crippen LogP) is 3.05. The minimum absolute atomic E-state index is 0.663. The van der Waals surface area contributed by atoms with Crippen molar-refractivity contribution >= 4 is 0 Å². The molecule has 1 atom stereocenters. The van der Waals surface area contributed by atoms with Gasteiger partial charge < -0.3 is 5.32 Å². The van der Waals surface area contributed by atoms with Crippen LogP contribution in [0.3, 0.4) is 0 Å². The molecule has 1 aromatic rings. The fourth-order valence-electron chi connectivity index (χ4n) is 3.62. The van der Waals surface area contributed by atoms with Gasteiger partial charge in [-0.05, 0) is 43.7 Å². The van der Waals surface area contributed by atoms with Gasteiger partial charge in [0.2, 0.25) is 0 Å². The highest BCUT2D eigenvalue weighted by Gasteiger charge is 2.34. The molecule has 1 aliphatic heterocycles. The Labute approximate surface area is 117 Å². The van der Waals surface area contributed by atoms with Gasteiger partial charge in [-0.2, -0.15) is 0 Å². The lowest BCUT2D eigenvalue weighted by Gasteiger charge is -2.44. The average Bonchev–Trinajstić information content (AvgIpc) is 2.35. The molecule has 0 unspecified atom stereocenters. The number of piperazine rings is 1. The third-order valence-electron chi connectivity index (χ3n) is 4.89. The molecule has 1 aliphatic carbocycles. The third-order valence-corrected chi connectivity index (χ3v) is 4.89. The monoisotopic (exact) mass is 258 g/mol. The summed E-state index contributed by atoms with van der Waals surface area (Å²) in [5.74, 6) is 0.888. The molecule has 1 aromatic carbocycles. The zero-order valence-electron chi connectivity index (χ0n) is 12.3. The lowest BCUT2D eigenvalue weighted by molar-refractivity contribution is 0.0833. The van der Waals surface area contributed by atoms with Crippen LogP contribution in [0.25, 0.3) is 0 Å². The second-order valence-corrected chi connectivity index (χ2v) is 6.28. The summed E-state index contributed by atoms with van der Waals surface area (Å²) in [5, 5.41) is 3.48. The van der Waals surface area contributed by atoms with Gasteiger partial charge in [0.05, 0.1) is 0 Å². The Morgan fingerprint density at radius 2 is 1.89 bits per heavy atom. The maximum Gasteiger partial charge on any atom is 0.0379 e. The molecular weight excluding hydrogens is 232 g/mol. The molecule has 0 radical (unpaired) electrons. The number of benzene rings is 1. The fourth-order valence-corrected chi connectivity index (χ4v) is 3.62. The zero-order chi connectivity index (χ0) is 13.2. The van der Waals surface area contributed by atoms with Crippen LogP contribution in [-0.4, -0.2) is 31.1 Å².